The van der Waals surface area contributed by atoms with Crippen molar-refractivity contribution < 1.29 is 32.2 Å². The number of anilines is 1. The van der Waals surface area contributed by atoms with Gasteiger partial charge in [-0.2, -0.15) is 0 Å². The Labute approximate surface area is 223 Å². The van der Waals surface area contributed by atoms with Crippen molar-refractivity contribution >= 4 is 27.4 Å². The molecule has 0 saturated heterocycles. The van der Waals surface area contributed by atoms with Gasteiger partial charge in [0.15, 0.2) is 15.6 Å². The molecule has 0 aliphatic carbocycles. The number of hydrogen-bond acceptors (Lipinski definition) is 8. The summed E-state index contributed by atoms with van der Waals surface area (Å²) in [6.07, 6.45) is 4.35. The second-order valence-electron chi connectivity index (χ2n) is 8.30. The average Bonchev–Trinajstić information content (AvgIpc) is 2.91. The number of carbonyl (C=O) groups excluding carboxylic acids is 1. The number of ether oxygens (including phenoxy) is 4. The number of carbonyl (C=O) groups is 1. The van der Waals surface area contributed by atoms with Crippen molar-refractivity contribution in [3.8, 4) is 23.0 Å². The van der Waals surface area contributed by atoms with Crippen molar-refractivity contribution in [2.45, 2.75) is 12.7 Å². The number of aryl methyl sites for hydroxylation is 1. The fourth-order valence-corrected chi connectivity index (χ4v) is 4.71. The summed E-state index contributed by atoms with van der Waals surface area (Å²) >= 11 is 0. The summed E-state index contributed by atoms with van der Waals surface area (Å²) in [4.78, 5) is 12.4. The lowest BCUT2D eigenvalue weighted by molar-refractivity contribution is 0.104. The highest BCUT2D eigenvalue weighted by atomic mass is 32.2. The minimum absolute atomic E-state index is 0.162. The van der Waals surface area contributed by atoms with Gasteiger partial charge in [0.25, 0.3) is 0 Å². The molecule has 0 aliphatic rings. The standard InChI is InChI=1S/C29H31NO7S/c1-20-6-9-22(10-7-20)26(31)12-14-30-25-16-21(8-11-27(25)35-3)19-38(32,33)15-13-24-28(36-4)17-23(34-2)18-29(24)37-5/h6-18,30H,19H2,1-5H3/b14-12+,15-13+. The van der Waals surface area contributed by atoms with E-state index in [1.165, 1.54) is 46.8 Å². The van der Waals surface area contributed by atoms with Gasteiger partial charge in [-0.3, -0.25) is 4.79 Å². The highest BCUT2D eigenvalue weighted by Gasteiger charge is 2.15. The molecule has 38 heavy (non-hydrogen) atoms. The van der Waals surface area contributed by atoms with E-state index in [1.807, 2.05) is 19.1 Å². The number of rotatable bonds is 12. The van der Waals surface area contributed by atoms with E-state index in [0.29, 0.717) is 45.4 Å². The lowest BCUT2D eigenvalue weighted by Gasteiger charge is -2.12. The van der Waals surface area contributed by atoms with Crippen molar-refractivity contribution in [3.63, 3.8) is 0 Å². The van der Waals surface area contributed by atoms with Crippen LogP contribution in [-0.2, 0) is 15.6 Å². The molecule has 0 spiro atoms. The minimum Gasteiger partial charge on any atom is -0.496 e. The summed E-state index contributed by atoms with van der Waals surface area (Å²) in [5.74, 6) is 1.43. The molecule has 0 bridgehead atoms. The van der Waals surface area contributed by atoms with Crippen LogP contribution in [0.4, 0.5) is 5.69 Å². The molecule has 0 saturated carbocycles. The molecule has 0 aliphatic heterocycles. The maximum atomic E-state index is 12.9. The molecule has 3 aromatic rings. The van der Waals surface area contributed by atoms with Crippen LogP contribution >= 0.6 is 0 Å². The number of allylic oxidation sites excluding steroid dienone is 1. The van der Waals surface area contributed by atoms with Crippen LogP contribution in [0.3, 0.4) is 0 Å². The zero-order chi connectivity index (χ0) is 27.7. The predicted molar refractivity (Wildman–Crippen MR) is 149 cm³/mol. The summed E-state index contributed by atoms with van der Waals surface area (Å²) in [5, 5.41) is 4.14. The molecule has 0 aromatic heterocycles. The first kappa shape index (κ1) is 28.3. The number of nitrogens with one attached hydrogen (secondary N) is 1. The topological polar surface area (TPSA) is 100 Å². The predicted octanol–water partition coefficient (Wildman–Crippen LogP) is 5.42. The Morgan fingerprint density at radius 2 is 1.47 bits per heavy atom. The second-order valence-corrected chi connectivity index (χ2v) is 10.2. The van der Waals surface area contributed by atoms with Crippen LogP contribution in [0.2, 0.25) is 0 Å². The van der Waals surface area contributed by atoms with Gasteiger partial charge in [-0.15, -0.1) is 0 Å². The third-order valence-electron chi connectivity index (χ3n) is 5.64. The molecule has 1 N–H and O–H groups in total. The Morgan fingerprint density at radius 3 is 2.05 bits per heavy atom. The summed E-state index contributed by atoms with van der Waals surface area (Å²) in [5.41, 5.74) is 3.16. The third kappa shape index (κ3) is 7.39. The average molecular weight is 538 g/mol. The summed E-state index contributed by atoms with van der Waals surface area (Å²) in [7, 11) is 2.32. The van der Waals surface area contributed by atoms with Crippen molar-refractivity contribution in [2.24, 2.45) is 0 Å². The summed E-state index contributed by atoms with van der Waals surface area (Å²) in [6, 6.07) is 15.6. The van der Waals surface area contributed by atoms with Crippen molar-refractivity contribution in [2.75, 3.05) is 33.8 Å². The summed E-state index contributed by atoms with van der Waals surface area (Å²) < 4.78 is 47.3. The number of methoxy groups -OCH3 is 4. The highest BCUT2D eigenvalue weighted by molar-refractivity contribution is 7.93. The van der Waals surface area contributed by atoms with Crippen LogP contribution in [-0.4, -0.2) is 42.6 Å². The third-order valence-corrected chi connectivity index (χ3v) is 6.92. The second kappa shape index (κ2) is 12.8. The fraction of sp³-hybridized carbons (Fsp3) is 0.207. The normalized spacial score (nSPS) is 11.5. The van der Waals surface area contributed by atoms with Gasteiger partial charge in [0.05, 0.1) is 45.4 Å². The molecule has 0 amide bonds. The number of ketones is 1. The molecule has 8 nitrogen and oxygen atoms in total. The molecule has 0 unspecified atom stereocenters. The fourth-order valence-electron chi connectivity index (χ4n) is 3.63. The maximum absolute atomic E-state index is 12.9. The minimum atomic E-state index is -3.67. The molecule has 0 fully saturated rings. The molecule has 0 heterocycles. The lowest BCUT2D eigenvalue weighted by atomic mass is 10.1. The van der Waals surface area contributed by atoms with Crippen molar-refractivity contribution in [3.05, 3.63) is 94.5 Å². The van der Waals surface area contributed by atoms with E-state index in [0.717, 1.165) is 11.0 Å². The zero-order valence-corrected chi connectivity index (χ0v) is 22.8. The SMILES string of the molecule is COc1cc(OC)c(/C=C/S(=O)(=O)Cc2ccc(OC)c(N/C=C/C(=O)c3ccc(C)cc3)c2)c(OC)c1. The number of sulfone groups is 1. The number of benzene rings is 3. The van der Waals surface area contributed by atoms with Gasteiger partial charge in [-0.05, 0) is 30.7 Å². The molecule has 0 atom stereocenters. The Hall–Kier alpha value is -4.24. The van der Waals surface area contributed by atoms with Gasteiger partial charge in [-0.25, -0.2) is 8.42 Å². The maximum Gasteiger partial charge on any atom is 0.187 e. The van der Waals surface area contributed by atoms with Gasteiger partial charge in [0, 0.05) is 35.4 Å². The molecular weight excluding hydrogens is 506 g/mol. The largest absolute Gasteiger partial charge is 0.496 e. The molecule has 3 rings (SSSR count). The van der Waals surface area contributed by atoms with Crippen LogP contribution in [0.15, 0.2) is 72.3 Å². The first-order chi connectivity index (χ1) is 18.2. The molecule has 3 aromatic carbocycles. The van der Waals surface area contributed by atoms with Gasteiger partial charge in [0.1, 0.15) is 23.0 Å². The van der Waals surface area contributed by atoms with E-state index in [1.54, 1.807) is 42.5 Å². The van der Waals surface area contributed by atoms with E-state index in [-0.39, 0.29) is 11.5 Å². The Balaban J connectivity index is 1.78. The van der Waals surface area contributed by atoms with Crippen LogP contribution in [0.1, 0.15) is 27.0 Å². The summed E-state index contributed by atoms with van der Waals surface area (Å²) in [6.45, 7) is 1.95. The van der Waals surface area contributed by atoms with E-state index in [2.05, 4.69) is 5.32 Å². The quantitative estimate of drug-likeness (QED) is 0.241. The van der Waals surface area contributed by atoms with E-state index < -0.39 is 9.84 Å². The molecule has 9 heteroatoms. The first-order valence-corrected chi connectivity index (χ1v) is 13.3. The zero-order valence-electron chi connectivity index (χ0n) is 22.0. The van der Waals surface area contributed by atoms with Crippen LogP contribution in [0.25, 0.3) is 6.08 Å². The monoisotopic (exact) mass is 537 g/mol. The van der Waals surface area contributed by atoms with Crippen molar-refractivity contribution in [1.29, 1.82) is 0 Å². The smallest absolute Gasteiger partial charge is 0.187 e. The van der Waals surface area contributed by atoms with Gasteiger partial charge < -0.3 is 24.3 Å². The van der Waals surface area contributed by atoms with Gasteiger partial charge in [-0.1, -0.05) is 35.9 Å². The number of hydrogen-bond donors (Lipinski definition) is 1. The van der Waals surface area contributed by atoms with Crippen LogP contribution in [0.5, 0.6) is 23.0 Å². The van der Waals surface area contributed by atoms with E-state index in [9.17, 15) is 13.2 Å². The van der Waals surface area contributed by atoms with Crippen LogP contribution < -0.4 is 24.3 Å². The van der Waals surface area contributed by atoms with Crippen LogP contribution in [0, 0.1) is 6.92 Å². The van der Waals surface area contributed by atoms with E-state index in [4.69, 9.17) is 18.9 Å². The first-order valence-electron chi connectivity index (χ1n) is 11.6. The molecule has 0 radical (unpaired) electrons. The Morgan fingerprint density at radius 1 is 0.842 bits per heavy atom. The lowest BCUT2D eigenvalue weighted by Crippen LogP contribution is -2.02. The molecule has 200 valence electrons. The Bertz CT molecular complexity index is 1420. The Kier molecular flexibility index (Phi) is 9.56. The van der Waals surface area contributed by atoms with Crippen molar-refractivity contribution in [1.82, 2.24) is 0 Å². The van der Waals surface area contributed by atoms with E-state index >= 15 is 0 Å². The van der Waals surface area contributed by atoms with Gasteiger partial charge >= 0.3 is 0 Å². The molecular formula is C29H31NO7S. The van der Waals surface area contributed by atoms with Gasteiger partial charge in [0.2, 0.25) is 0 Å². The highest BCUT2D eigenvalue weighted by Crippen LogP contribution is 2.35.